The lowest BCUT2D eigenvalue weighted by atomic mass is 10.1. The van der Waals surface area contributed by atoms with Crippen LogP contribution in [0.5, 0.6) is 17.2 Å². The smallest absolute Gasteiger partial charge is 0.231 e. The lowest BCUT2D eigenvalue weighted by Gasteiger charge is -2.11. The average molecular weight is 352 g/mol. The molecule has 0 amide bonds. The lowest BCUT2D eigenvalue weighted by Crippen LogP contribution is -2.05. The minimum absolute atomic E-state index is 0.290. The third-order valence-corrected chi connectivity index (χ3v) is 4.68. The van der Waals surface area contributed by atoms with Crippen LogP contribution in [0, 0.1) is 0 Å². The summed E-state index contributed by atoms with van der Waals surface area (Å²) >= 11 is 7.02. The molecular formula is C11H12Br2O3. The van der Waals surface area contributed by atoms with E-state index in [9.17, 15) is 0 Å². The van der Waals surface area contributed by atoms with Crippen LogP contribution in [0.4, 0.5) is 0 Å². The Hall–Kier alpha value is -0.420. The minimum Gasteiger partial charge on any atom is -0.496 e. The van der Waals surface area contributed by atoms with E-state index >= 15 is 0 Å². The van der Waals surface area contributed by atoms with Gasteiger partial charge in [-0.3, -0.25) is 0 Å². The minimum atomic E-state index is 0.290. The molecule has 5 heteroatoms. The molecule has 1 aromatic rings. The molecule has 0 N–H and O–H groups in total. The van der Waals surface area contributed by atoms with Crippen LogP contribution in [0.3, 0.4) is 0 Å². The van der Waals surface area contributed by atoms with Gasteiger partial charge in [0.1, 0.15) is 5.75 Å². The quantitative estimate of drug-likeness (QED) is 0.780. The molecule has 0 saturated heterocycles. The summed E-state index contributed by atoms with van der Waals surface area (Å²) in [7, 11) is 1.67. The largest absolute Gasteiger partial charge is 0.496 e. The monoisotopic (exact) mass is 350 g/mol. The predicted molar refractivity (Wildman–Crippen MR) is 69.3 cm³/mol. The van der Waals surface area contributed by atoms with Gasteiger partial charge in [0.15, 0.2) is 11.5 Å². The molecule has 1 aliphatic rings. The molecule has 0 fully saturated rings. The number of hydrogen-bond donors (Lipinski definition) is 0. The Morgan fingerprint density at radius 3 is 2.69 bits per heavy atom. The summed E-state index contributed by atoms with van der Waals surface area (Å²) in [6, 6.07) is 3.86. The van der Waals surface area contributed by atoms with Crippen LogP contribution < -0.4 is 14.2 Å². The van der Waals surface area contributed by atoms with Gasteiger partial charge in [0.05, 0.1) is 7.11 Å². The lowest BCUT2D eigenvalue weighted by molar-refractivity contribution is 0.174. The standard InChI is InChI=1S/C11H12Br2O3/c1-14-9-4-11-10(15-6-16-11)3-7(9)2-8(13)5-12/h3-4,8H,2,5-6H2,1H3. The molecule has 1 unspecified atom stereocenters. The number of hydrogen-bond acceptors (Lipinski definition) is 3. The fourth-order valence-corrected chi connectivity index (χ4v) is 2.19. The topological polar surface area (TPSA) is 27.7 Å². The Balaban J connectivity index is 2.28. The molecule has 0 aliphatic carbocycles. The zero-order valence-electron chi connectivity index (χ0n) is 8.83. The second-order valence-electron chi connectivity index (χ2n) is 3.47. The van der Waals surface area contributed by atoms with Gasteiger partial charge >= 0.3 is 0 Å². The van der Waals surface area contributed by atoms with Gasteiger partial charge in [0.25, 0.3) is 0 Å². The predicted octanol–water partition coefficient (Wildman–Crippen LogP) is 3.12. The third-order valence-electron chi connectivity index (χ3n) is 2.38. The summed E-state index contributed by atoms with van der Waals surface area (Å²) in [5.74, 6) is 2.39. The molecular weight excluding hydrogens is 340 g/mol. The van der Waals surface area contributed by atoms with Gasteiger partial charge in [-0.15, -0.1) is 0 Å². The molecule has 0 bridgehead atoms. The first-order chi connectivity index (χ1) is 7.74. The highest BCUT2D eigenvalue weighted by molar-refractivity contribution is 9.12. The zero-order valence-corrected chi connectivity index (χ0v) is 12.0. The average Bonchev–Trinajstić information content (AvgIpc) is 2.74. The van der Waals surface area contributed by atoms with Crippen molar-refractivity contribution in [3.63, 3.8) is 0 Å². The van der Waals surface area contributed by atoms with E-state index < -0.39 is 0 Å². The molecule has 0 radical (unpaired) electrons. The summed E-state index contributed by atoms with van der Waals surface area (Å²) in [4.78, 5) is 0.377. The normalized spacial score (nSPS) is 14.9. The molecule has 0 spiro atoms. The highest BCUT2D eigenvalue weighted by Gasteiger charge is 2.18. The van der Waals surface area contributed by atoms with E-state index in [1.165, 1.54) is 0 Å². The summed E-state index contributed by atoms with van der Waals surface area (Å²) in [6.07, 6.45) is 0.880. The van der Waals surface area contributed by atoms with Crippen molar-refractivity contribution >= 4 is 31.9 Å². The van der Waals surface area contributed by atoms with Gasteiger partial charge in [-0.1, -0.05) is 31.9 Å². The first-order valence-corrected chi connectivity index (χ1v) is 6.95. The Morgan fingerprint density at radius 1 is 1.38 bits per heavy atom. The zero-order chi connectivity index (χ0) is 11.5. The number of halogens is 2. The van der Waals surface area contributed by atoms with E-state index in [-0.39, 0.29) is 6.79 Å². The van der Waals surface area contributed by atoms with Gasteiger partial charge < -0.3 is 14.2 Å². The van der Waals surface area contributed by atoms with Crippen molar-refractivity contribution in [1.29, 1.82) is 0 Å². The summed E-state index contributed by atoms with van der Waals surface area (Å²) in [5.41, 5.74) is 1.12. The summed E-state index contributed by atoms with van der Waals surface area (Å²) in [6.45, 7) is 0.290. The van der Waals surface area contributed by atoms with Gasteiger partial charge in [-0.2, -0.15) is 0 Å². The number of fused-ring (bicyclic) bond motifs is 1. The highest BCUT2D eigenvalue weighted by Crippen LogP contribution is 2.38. The van der Waals surface area contributed by atoms with Crippen molar-refractivity contribution in [2.45, 2.75) is 11.2 Å². The molecule has 0 aromatic heterocycles. The molecule has 1 atom stereocenters. The van der Waals surface area contributed by atoms with Gasteiger partial charge in [0.2, 0.25) is 6.79 Å². The van der Waals surface area contributed by atoms with Crippen molar-refractivity contribution in [2.75, 3.05) is 19.2 Å². The summed E-state index contributed by atoms with van der Waals surface area (Å²) < 4.78 is 16.0. The molecule has 16 heavy (non-hydrogen) atoms. The van der Waals surface area contributed by atoms with Gasteiger partial charge in [0, 0.05) is 16.2 Å². The Bertz CT molecular complexity index is 382. The Morgan fingerprint density at radius 2 is 2.06 bits per heavy atom. The number of methoxy groups -OCH3 is 1. The molecule has 0 saturated carbocycles. The molecule has 1 heterocycles. The van der Waals surface area contributed by atoms with Crippen molar-refractivity contribution < 1.29 is 14.2 Å². The van der Waals surface area contributed by atoms with Crippen LogP contribution >= 0.6 is 31.9 Å². The SMILES string of the molecule is COc1cc2c(cc1CC(Br)CBr)OCO2. The molecule has 1 aromatic carbocycles. The fraction of sp³-hybridized carbons (Fsp3) is 0.455. The van der Waals surface area contributed by atoms with Crippen molar-refractivity contribution in [2.24, 2.45) is 0 Å². The molecule has 1 aliphatic heterocycles. The Labute approximate surface area is 111 Å². The first kappa shape index (κ1) is 12.0. The third kappa shape index (κ3) is 2.46. The van der Waals surface area contributed by atoms with Crippen molar-refractivity contribution in [1.82, 2.24) is 0 Å². The first-order valence-electron chi connectivity index (χ1n) is 4.91. The van der Waals surface area contributed by atoms with Crippen LogP contribution in [-0.2, 0) is 6.42 Å². The number of ether oxygens (including phenoxy) is 3. The van der Waals surface area contributed by atoms with E-state index in [0.29, 0.717) is 4.83 Å². The Kier molecular flexibility index (Phi) is 3.97. The number of alkyl halides is 2. The maximum absolute atomic E-state index is 5.35. The molecule has 3 nitrogen and oxygen atoms in total. The van der Waals surface area contributed by atoms with Gasteiger partial charge in [-0.05, 0) is 18.1 Å². The van der Waals surface area contributed by atoms with Crippen LogP contribution in [0.15, 0.2) is 12.1 Å². The van der Waals surface area contributed by atoms with Crippen LogP contribution in [0.2, 0.25) is 0 Å². The second-order valence-corrected chi connectivity index (χ2v) is 5.42. The van der Waals surface area contributed by atoms with Crippen LogP contribution in [0.25, 0.3) is 0 Å². The fourth-order valence-electron chi connectivity index (χ4n) is 1.61. The maximum Gasteiger partial charge on any atom is 0.231 e. The maximum atomic E-state index is 5.35. The van der Waals surface area contributed by atoms with Crippen molar-refractivity contribution in [3.05, 3.63) is 17.7 Å². The van der Waals surface area contributed by atoms with E-state index in [2.05, 4.69) is 31.9 Å². The molecule has 88 valence electrons. The highest BCUT2D eigenvalue weighted by atomic mass is 79.9. The van der Waals surface area contributed by atoms with Crippen LogP contribution in [-0.4, -0.2) is 24.1 Å². The molecule has 2 rings (SSSR count). The number of rotatable bonds is 4. The van der Waals surface area contributed by atoms with Crippen molar-refractivity contribution in [3.8, 4) is 17.2 Å². The van der Waals surface area contributed by atoms with Gasteiger partial charge in [-0.25, -0.2) is 0 Å². The van der Waals surface area contributed by atoms with E-state index in [1.54, 1.807) is 7.11 Å². The van der Waals surface area contributed by atoms with E-state index in [0.717, 1.165) is 34.6 Å². The number of benzene rings is 1. The van der Waals surface area contributed by atoms with E-state index in [1.807, 2.05) is 12.1 Å². The van der Waals surface area contributed by atoms with Crippen LogP contribution in [0.1, 0.15) is 5.56 Å². The second kappa shape index (κ2) is 5.27. The van der Waals surface area contributed by atoms with E-state index in [4.69, 9.17) is 14.2 Å². The summed E-state index contributed by atoms with van der Waals surface area (Å²) in [5, 5.41) is 0.893.